The summed E-state index contributed by atoms with van der Waals surface area (Å²) in [5.74, 6) is 0. The maximum atomic E-state index is 10.6. The van der Waals surface area contributed by atoms with Gasteiger partial charge in [0.05, 0.1) is 18.0 Å². The lowest BCUT2D eigenvalue weighted by Crippen LogP contribution is -2.20. The third kappa shape index (κ3) is 3.16. The van der Waals surface area contributed by atoms with Gasteiger partial charge in [0.1, 0.15) is 0 Å². The van der Waals surface area contributed by atoms with Gasteiger partial charge in [-0.25, -0.2) is 4.74 Å². The maximum absolute atomic E-state index is 10.6. The summed E-state index contributed by atoms with van der Waals surface area (Å²) in [6.45, 7) is 2.09. The molecule has 0 saturated carbocycles. The van der Waals surface area contributed by atoms with E-state index in [1.54, 1.807) is 12.1 Å². The number of nitro benzene ring substituents is 1. The van der Waals surface area contributed by atoms with Gasteiger partial charge in [0, 0.05) is 12.1 Å². The predicted molar refractivity (Wildman–Crippen MR) is 75.4 cm³/mol. The Labute approximate surface area is 108 Å². The molecule has 7 heteroatoms. The van der Waals surface area contributed by atoms with Crippen molar-refractivity contribution in [2.45, 2.75) is 0 Å². The molecular weight excluding hydrogens is 251 g/mol. The molecule has 0 N–H and O–H groups in total. The number of benzene rings is 1. The molecule has 0 amide bonds. The highest BCUT2D eigenvalue weighted by Gasteiger charge is 2.18. The Balaban J connectivity index is 3.18. The van der Waals surface area contributed by atoms with Crippen LogP contribution in [0.3, 0.4) is 0 Å². The Morgan fingerprint density at radius 3 is 1.89 bits per heavy atom. The Bertz CT molecular complexity index is 470. The Morgan fingerprint density at radius 2 is 1.56 bits per heavy atom. The molecule has 0 aliphatic rings. The van der Waals surface area contributed by atoms with Gasteiger partial charge in [-0.05, 0) is 47.0 Å². The van der Waals surface area contributed by atoms with Gasteiger partial charge in [-0.2, -0.15) is 0 Å². The summed E-state index contributed by atoms with van der Waals surface area (Å²) in [6.07, 6.45) is 0. The lowest BCUT2D eigenvalue weighted by molar-refractivity contribution is -0.384. The van der Waals surface area contributed by atoms with E-state index in [2.05, 4.69) is 16.0 Å². The fraction of sp³-hybridized carbons (Fsp3) is 0.455. The van der Waals surface area contributed by atoms with Gasteiger partial charge >= 0.3 is 0 Å². The van der Waals surface area contributed by atoms with Gasteiger partial charge in [-0.1, -0.05) is 0 Å². The lowest BCUT2D eigenvalue weighted by atomic mass is 10.3. The normalized spacial score (nSPS) is 11.9. The summed E-state index contributed by atoms with van der Waals surface area (Å²) < 4.78 is 8.91. The van der Waals surface area contributed by atoms with Crippen LogP contribution in [0.15, 0.2) is 29.0 Å². The highest BCUT2D eigenvalue weighted by atomic mass is 31.2. The summed E-state index contributed by atoms with van der Waals surface area (Å²) in [5, 5.41) is 10.6. The average molecular weight is 270 g/mol. The third-order valence-corrected chi connectivity index (χ3v) is 6.52. The molecule has 0 saturated heterocycles. The molecule has 1 aromatic rings. The first-order chi connectivity index (χ1) is 8.27. The van der Waals surface area contributed by atoms with Crippen LogP contribution in [0, 0.1) is 10.1 Å². The van der Waals surface area contributed by atoms with Crippen molar-refractivity contribution in [1.82, 2.24) is 9.34 Å². The van der Waals surface area contributed by atoms with E-state index in [1.165, 1.54) is 12.1 Å². The van der Waals surface area contributed by atoms with E-state index >= 15 is 0 Å². The SMILES string of the molecule is CN(C)P(C)(=Nc1ccc([N+](=O)[O-])cc1)N(C)C. The van der Waals surface area contributed by atoms with Crippen molar-refractivity contribution in [2.24, 2.45) is 4.74 Å². The highest BCUT2D eigenvalue weighted by molar-refractivity contribution is 7.60. The van der Waals surface area contributed by atoms with Crippen molar-refractivity contribution in [3.8, 4) is 0 Å². The van der Waals surface area contributed by atoms with E-state index in [1.807, 2.05) is 28.2 Å². The Kier molecular flexibility index (Phi) is 4.62. The monoisotopic (exact) mass is 270 g/mol. The summed E-state index contributed by atoms with van der Waals surface area (Å²) in [7, 11) is 6.20. The molecule has 0 fully saturated rings. The van der Waals surface area contributed by atoms with Crippen LogP contribution in [0.2, 0.25) is 0 Å². The number of nitrogens with zero attached hydrogens (tertiary/aromatic N) is 4. The van der Waals surface area contributed by atoms with Gasteiger partial charge in [0.2, 0.25) is 0 Å². The zero-order valence-electron chi connectivity index (χ0n) is 11.4. The minimum atomic E-state index is -1.75. The van der Waals surface area contributed by atoms with Crippen molar-refractivity contribution in [3.05, 3.63) is 34.4 Å². The zero-order valence-corrected chi connectivity index (χ0v) is 12.3. The quantitative estimate of drug-likeness (QED) is 0.479. The number of nitro groups is 1. The molecule has 0 radical (unpaired) electrons. The van der Waals surface area contributed by atoms with E-state index in [9.17, 15) is 10.1 Å². The molecule has 0 bridgehead atoms. The van der Waals surface area contributed by atoms with Gasteiger partial charge in [-0.3, -0.25) is 19.5 Å². The summed E-state index contributed by atoms with van der Waals surface area (Å²) in [5.41, 5.74) is 0.850. The van der Waals surface area contributed by atoms with Crippen LogP contribution in [-0.2, 0) is 0 Å². The number of non-ortho nitro benzene ring substituents is 1. The van der Waals surface area contributed by atoms with Crippen LogP contribution in [-0.4, -0.2) is 49.1 Å². The first kappa shape index (κ1) is 14.8. The van der Waals surface area contributed by atoms with E-state index in [0.29, 0.717) is 0 Å². The number of rotatable bonds is 4. The smallest absolute Gasteiger partial charge is 0.264 e. The molecule has 0 atom stereocenters. The molecule has 1 aromatic carbocycles. The fourth-order valence-corrected chi connectivity index (χ4v) is 3.04. The number of hydrogen-bond donors (Lipinski definition) is 0. The molecule has 6 nitrogen and oxygen atoms in total. The molecule has 18 heavy (non-hydrogen) atoms. The van der Waals surface area contributed by atoms with Crippen LogP contribution in [0.25, 0.3) is 0 Å². The summed E-state index contributed by atoms with van der Waals surface area (Å²) >= 11 is 0. The zero-order chi connectivity index (χ0) is 13.9. The molecular formula is C11H19N4O2P. The van der Waals surface area contributed by atoms with Crippen molar-refractivity contribution in [1.29, 1.82) is 0 Å². The molecule has 0 aromatic heterocycles. The summed E-state index contributed by atoms with van der Waals surface area (Å²) in [4.78, 5) is 10.2. The second-order valence-electron chi connectivity index (χ2n) is 4.44. The van der Waals surface area contributed by atoms with Gasteiger partial charge in [-0.15, -0.1) is 0 Å². The standard InChI is InChI=1S/C11H19N4O2P/c1-13(2)18(5,14(3)4)12-10-6-8-11(9-7-10)15(16)17/h6-9H,1-5H3. The largest absolute Gasteiger partial charge is 0.269 e. The summed E-state index contributed by atoms with van der Waals surface area (Å²) in [6, 6.07) is 6.33. The molecule has 1 rings (SSSR count). The minimum absolute atomic E-state index is 0.0868. The van der Waals surface area contributed by atoms with Crippen LogP contribution in [0.4, 0.5) is 11.4 Å². The molecule has 100 valence electrons. The molecule has 0 aliphatic heterocycles. The molecule has 0 heterocycles. The van der Waals surface area contributed by atoms with Crippen LogP contribution >= 0.6 is 7.36 Å². The van der Waals surface area contributed by atoms with Crippen molar-refractivity contribution >= 4 is 18.7 Å². The minimum Gasteiger partial charge on any atom is -0.264 e. The first-order valence-corrected chi connectivity index (χ1v) is 7.56. The molecule has 0 aliphatic carbocycles. The van der Waals surface area contributed by atoms with Crippen molar-refractivity contribution < 1.29 is 4.92 Å². The van der Waals surface area contributed by atoms with Crippen LogP contribution < -0.4 is 0 Å². The molecule has 0 unspecified atom stereocenters. The van der Waals surface area contributed by atoms with Gasteiger partial charge < -0.3 is 0 Å². The average Bonchev–Trinajstić information content (AvgIpc) is 2.29. The second-order valence-corrected chi connectivity index (χ2v) is 7.97. The lowest BCUT2D eigenvalue weighted by Gasteiger charge is -2.33. The van der Waals surface area contributed by atoms with Gasteiger partial charge in [0.25, 0.3) is 5.69 Å². The second kappa shape index (κ2) is 5.61. The number of hydrogen-bond acceptors (Lipinski definition) is 3. The van der Waals surface area contributed by atoms with E-state index < -0.39 is 12.3 Å². The highest BCUT2D eigenvalue weighted by Crippen LogP contribution is 2.51. The van der Waals surface area contributed by atoms with Crippen LogP contribution in [0.5, 0.6) is 0 Å². The maximum Gasteiger partial charge on any atom is 0.269 e. The van der Waals surface area contributed by atoms with E-state index in [0.717, 1.165) is 5.69 Å². The predicted octanol–water partition coefficient (Wildman–Crippen LogP) is 3.01. The van der Waals surface area contributed by atoms with Crippen LogP contribution in [0.1, 0.15) is 0 Å². The topological polar surface area (TPSA) is 62.0 Å². The first-order valence-electron chi connectivity index (χ1n) is 5.47. The molecule has 0 spiro atoms. The van der Waals surface area contributed by atoms with Gasteiger partial charge in [0.15, 0.2) is 0 Å². The van der Waals surface area contributed by atoms with Crippen molar-refractivity contribution in [3.63, 3.8) is 0 Å². The van der Waals surface area contributed by atoms with E-state index in [4.69, 9.17) is 4.74 Å². The van der Waals surface area contributed by atoms with E-state index in [-0.39, 0.29) is 5.69 Å². The third-order valence-electron chi connectivity index (χ3n) is 2.88. The fourth-order valence-electron chi connectivity index (χ4n) is 1.40. The van der Waals surface area contributed by atoms with Crippen molar-refractivity contribution in [2.75, 3.05) is 34.9 Å². The Morgan fingerprint density at radius 1 is 1.11 bits per heavy atom. The Hall–Kier alpha value is -1.23.